The molecule has 1 aromatic heterocycles. The molecule has 1 aliphatic rings. The summed E-state index contributed by atoms with van der Waals surface area (Å²) in [6.07, 6.45) is 0.980. The molecule has 104 valence electrons. The standard InChI is InChI=1S/C11H16N4O4/c1-7-13-9(14-19-7)6-12-11(18)15-4-2-8(3-5-15)10(16)17/h8H,2-6H2,1H3,(H,12,18)(H,16,17). The van der Waals surface area contributed by atoms with Gasteiger partial charge < -0.3 is 19.8 Å². The first-order valence-corrected chi connectivity index (χ1v) is 6.11. The third kappa shape index (κ3) is 3.43. The van der Waals surface area contributed by atoms with Gasteiger partial charge >= 0.3 is 12.0 Å². The van der Waals surface area contributed by atoms with E-state index in [4.69, 9.17) is 9.63 Å². The first kappa shape index (κ1) is 13.3. The van der Waals surface area contributed by atoms with Gasteiger partial charge in [-0.3, -0.25) is 4.79 Å². The highest BCUT2D eigenvalue weighted by Gasteiger charge is 2.26. The molecule has 19 heavy (non-hydrogen) atoms. The number of aromatic nitrogens is 2. The van der Waals surface area contributed by atoms with Crippen molar-refractivity contribution in [1.29, 1.82) is 0 Å². The van der Waals surface area contributed by atoms with E-state index in [1.165, 1.54) is 0 Å². The Hall–Kier alpha value is -2.12. The van der Waals surface area contributed by atoms with Crippen LogP contribution in [-0.2, 0) is 11.3 Å². The van der Waals surface area contributed by atoms with Crippen molar-refractivity contribution in [2.75, 3.05) is 13.1 Å². The maximum atomic E-state index is 11.8. The van der Waals surface area contributed by atoms with E-state index in [1.807, 2.05) is 0 Å². The highest BCUT2D eigenvalue weighted by atomic mass is 16.5. The summed E-state index contributed by atoms with van der Waals surface area (Å²) in [4.78, 5) is 28.2. The number of carbonyl (C=O) groups is 2. The number of carboxylic acids is 1. The second-order valence-electron chi connectivity index (χ2n) is 4.49. The van der Waals surface area contributed by atoms with Crippen molar-refractivity contribution in [1.82, 2.24) is 20.4 Å². The minimum atomic E-state index is -0.790. The van der Waals surface area contributed by atoms with Gasteiger partial charge in [0, 0.05) is 20.0 Å². The van der Waals surface area contributed by atoms with E-state index in [2.05, 4.69) is 15.5 Å². The van der Waals surface area contributed by atoms with Crippen molar-refractivity contribution in [2.45, 2.75) is 26.3 Å². The number of carboxylic acid groups (broad SMARTS) is 1. The first-order valence-electron chi connectivity index (χ1n) is 6.11. The lowest BCUT2D eigenvalue weighted by atomic mass is 9.97. The van der Waals surface area contributed by atoms with E-state index in [-0.39, 0.29) is 18.5 Å². The van der Waals surface area contributed by atoms with Crippen LogP contribution in [0.5, 0.6) is 0 Å². The third-order valence-electron chi connectivity index (χ3n) is 3.10. The number of amides is 2. The second kappa shape index (κ2) is 5.68. The third-order valence-corrected chi connectivity index (χ3v) is 3.10. The first-order chi connectivity index (χ1) is 9.06. The quantitative estimate of drug-likeness (QED) is 0.820. The summed E-state index contributed by atoms with van der Waals surface area (Å²) in [5, 5.41) is 15.2. The van der Waals surface area contributed by atoms with Crippen LogP contribution in [0.1, 0.15) is 24.6 Å². The average Bonchev–Trinajstić information content (AvgIpc) is 2.82. The SMILES string of the molecule is Cc1nc(CNC(=O)N2CCC(C(=O)O)CC2)no1. The molecule has 0 spiro atoms. The smallest absolute Gasteiger partial charge is 0.317 e. The number of nitrogens with one attached hydrogen (secondary N) is 1. The van der Waals surface area contributed by atoms with Gasteiger partial charge in [-0.1, -0.05) is 5.16 Å². The van der Waals surface area contributed by atoms with Gasteiger partial charge in [0.2, 0.25) is 5.89 Å². The molecule has 1 saturated heterocycles. The van der Waals surface area contributed by atoms with E-state index < -0.39 is 5.97 Å². The predicted molar refractivity (Wildman–Crippen MR) is 63.2 cm³/mol. The molecule has 0 aromatic carbocycles. The van der Waals surface area contributed by atoms with Gasteiger partial charge in [0.15, 0.2) is 5.82 Å². The number of aliphatic carboxylic acids is 1. The van der Waals surface area contributed by atoms with Crippen molar-refractivity contribution in [3.63, 3.8) is 0 Å². The summed E-state index contributed by atoms with van der Waals surface area (Å²) in [5.74, 6) is -0.260. The van der Waals surface area contributed by atoms with Crippen LogP contribution in [0, 0.1) is 12.8 Å². The van der Waals surface area contributed by atoms with Crippen LogP contribution in [0.4, 0.5) is 4.79 Å². The number of urea groups is 1. The van der Waals surface area contributed by atoms with Crippen molar-refractivity contribution in [3.8, 4) is 0 Å². The number of piperidine rings is 1. The second-order valence-corrected chi connectivity index (χ2v) is 4.49. The predicted octanol–water partition coefficient (Wildman–Crippen LogP) is 0.384. The number of hydrogen-bond donors (Lipinski definition) is 2. The van der Waals surface area contributed by atoms with E-state index >= 15 is 0 Å². The van der Waals surface area contributed by atoms with Gasteiger partial charge in [-0.2, -0.15) is 4.98 Å². The zero-order valence-electron chi connectivity index (χ0n) is 10.6. The van der Waals surface area contributed by atoms with Crippen LogP contribution in [-0.4, -0.2) is 45.2 Å². The molecule has 8 nitrogen and oxygen atoms in total. The number of carbonyl (C=O) groups excluding carboxylic acids is 1. The molecule has 2 amide bonds. The number of aryl methyl sites for hydroxylation is 1. The molecule has 1 fully saturated rings. The summed E-state index contributed by atoms with van der Waals surface area (Å²) in [6.45, 7) is 2.78. The van der Waals surface area contributed by atoms with Gasteiger partial charge in [0.25, 0.3) is 0 Å². The maximum absolute atomic E-state index is 11.8. The molecule has 0 bridgehead atoms. The Morgan fingerprint density at radius 1 is 1.47 bits per heavy atom. The number of nitrogens with zero attached hydrogens (tertiary/aromatic N) is 3. The highest BCUT2D eigenvalue weighted by molar-refractivity contribution is 5.75. The average molecular weight is 268 g/mol. The maximum Gasteiger partial charge on any atom is 0.317 e. The molecule has 0 radical (unpaired) electrons. The lowest BCUT2D eigenvalue weighted by Crippen LogP contribution is -2.45. The normalized spacial score (nSPS) is 16.4. The summed E-state index contributed by atoms with van der Waals surface area (Å²) in [5.41, 5.74) is 0. The Morgan fingerprint density at radius 2 is 2.16 bits per heavy atom. The minimum Gasteiger partial charge on any atom is -0.481 e. The fourth-order valence-electron chi connectivity index (χ4n) is 2.01. The topological polar surface area (TPSA) is 109 Å². The van der Waals surface area contributed by atoms with Gasteiger partial charge in [-0.05, 0) is 12.8 Å². The van der Waals surface area contributed by atoms with Crippen molar-refractivity contribution < 1.29 is 19.2 Å². The van der Waals surface area contributed by atoms with E-state index in [1.54, 1.807) is 11.8 Å². The van der Waals surface area contributed by atoms with Crippen LogP contribution in [0.15, 0.2) is 4.52 Å². The van der Waals surface area contributed by atoms with Gasteiger partial charge in [-0.15, -0.1) is 0 Å². The molecule has 0 atom stereocenters. The molecular formula is C11H16N4O4. The molecule has 0 saturated carbocycles. The van der Waals surface area contributed by atoms with Crippen LogP contribution in [0.25, 0.3) is 0 Å². The molecule has 0 unspecified atom stereocenters. The van der Waals surface area contributed by atoms with Crippen molar-refractivity contribution >= 4 is 12.0 Å². The Labute approximate surface area is 109 Å². The van der Waals surface area contributed by atoms with Crippen LogP contribution >= 0.6 is 0 Å². The zero-order chi connectivity index (χ0) is 13.8. The van der Waals surface area contributed by atoms with Gasteiger partial charge in [0.05, 0.1) is 12.5 Å². The fourth-order valence-corrected chi connectivity index (χ4v) is 2.01. The molecular weight excluding hydrogens is 252 g/mol. The molecule has 2 N–H and O–H groups in total. The molecule has 2 heterocycles. The Morgan fingerprint density at radius 3 is 2.68 bits per heavy atom. The van der Waals surface area contributed by atoms with Crippen molar-refractivity contribution in [2.24, 2.45) is 5.92 Å². The van der Waals surface area contributed by atoms with E-state index in [0.29, 0.717) is 37.6 Å². The van der Waals surface area contributed by atoms with Gasteiger partial charge in [0.1, 0.15) is 0 Å². The van der Waals surface area contributed by atoms with Crippen molar-refractivity contribution in [3.05, 3.63) is 11.7 Å². The van der Waals surface area contributed by atoms with Crippen LogP contribution in [0.3, 0.4) is 0 Å². The summed E-state index contributed by atoms with van der Waals surface area (Å²) in [6, 6.07) is -0.230. The minimum absolute atomic E-state index is 0.203. The molecule has 1 aliphatic heterocycles. The molecule has 0 aliphatic carbocycles. The number of likely N-dealkylation sites (tertiary alicyclic amines) is 1. The fraction of sp³-hybridized carbons (Fsp3) is 0.636. The molecule has 8 heteroatoms. The molecule has 1 aromatic rings. The number of rotatable bonds is 3. The van der Waals surface area contributed by atoms with Crippen LogP contribution < -0.4 is 5.32 Å². The largest absolute Gasteiger partial charge is 0.481 e. The Kier molecular flexibility index (Phi) is 3.98. The lowest BCUT2D eigenvalue weighted by molar-refractivity contribution is -0.143. The van der Waals surface area contributed by atoms with E-state index in [9.17, 15) is 9.59 Å². The van der Waals surface area contributed by atoms with E-state index in [0.717, 1.165) is 0 Å². The zero-order valence-corrected chi connectivity index (χ0v) is 10.6. The summed E-state index contributed by atoms with van der Waals surface area (Å²) < 4.78 is 4.79. The summed E-state index contributed by atoms with van der Waals surface area (Å²) >= 11 is 0. The monoisotopic (exact) mass is 268 g/mol. The lowest BCUT2D eigenvalue weighted by Gasteiger charge is -2.29. The summed E-state index contributed by atoms with van der Waals surface area (Å²) in [7, 11) is 0. The molecule has 2 rings (SSSR count). The highest BCUT2D eigenvalue weighted by Crippen LogP contribution is 2.17. The Balaban J connectivity index is 1.77. The van der Waals surface area contributed by atoms with Gasteiger partial charge in [-0.25, -0.2) is 4.79 Å². The Bertz CT molecular complexity index is 465. The number of hydrogen-bond acceptors (Lipinski definition) is 5. The van der Waals surface area contributed by atoms with Crippen LogP contribution in [0.2, 0.25) is 0 Å².